The lowest BCUT2D eigenvalue weighted by atomic mass is 10.1. The number of carbonyl (C=O) groups is 1. The molecule has 0 saturated heterocycles. The Hall–Kier alpha value is -1.61. The lowest BCUT2D eigenvalue weighted by Crippen LogP contribution is -1.92. The van der Waals surface area contributed by atoms with Crippen molar-refractivity contribution in [2.45, 2.75) is 6.61 Å². The Labute approximate surface area is 91.1 Å². The summed E-state index contributed by atoms with van der Waals surface area (Å²) in [5.74, 6) is -0.206. The molecule has 3 heteroatoms. The molecule has 1 aliphatic rings. The normalized spacial score (nSPS) is 13.7. The molecule has 1 aliphatic heterocycles. The first kappa shape index (κ1) is 8.68. The van der Waals surface area contributed by atoms with Crippen LogP contribution in [0.4, 0.5) is 0 Å². The molecule has 2 nitrogen and oxygen atoms in total. The van der Waals surface area contributed by atoms with E-state index in [1.165, 1.54) is 4.88 Å². The number of benzene rings is 1. The first-order chi connectivity index (χ1) is 7.34. The molecule has 0 amide bonds. The number of esters is 1. The minimum absolute atomic E-state index is 0.206. The minimum Gasteiger partial charge on any atom is -0.457 e. The van der Waals surface area contributed by atoms with Gasteiger partial charge in [-0.15, -0.1) is 11.3 Å². The van der Waals surface area contributed by atoms with Crippen LogP contribution in [0.3, 0.4) is 0 Å². The number of thiophene rings is 1. The van der Waals surface area contributed by atoms with Crippen molar-refractivity contribution in [3.05, 3.63) is 46.8 Å². The fourth-order valence-electron chi connectivity index (χ4n) is 1.73. The molecule has 0 atom stereocenters. The Morgan fingerprint density at radius 3 is 3.00 bits per heavy atom. The van der Waals surface area contributed by atoms with Crippen molar-refractivity contribution in [3.8, 4) is 10.4 Å². The van der Waals surface area contributed by atoms with Gasteiger partial charge in [-0.2, -0.15) is 0 Å². The standard InChI is InChI=1S/C12H8O2S/c13-12-10-4-3-8(6-9(10)7-14-12)11-2-1-5-15-11/h1-6H,7H2. The van der Waals surface area contributed by atoms with E-state index in [0.29, 0.717) is 12.2 Å². The summed E-state index contributed by atoms with van der Waals surface area (Å²) in [6.07, 6.45) is 0. The molecule has 3 rings (SSSR count). The highest BCUT2D eigenvalue weighted by Crippen LogP contribution is 2.29. The highest BCUT2D eigenvalue weighted by molar-refractivity contribution is 7.13. The number of fused-ring (bicyclic) bond motifs is 1. The van der Waals surface area contributed by atoms with Gasteiger partial charge in [0.2, 0.25) is 0 Å². The number of rotatable bonds is 1. The number of cyclic esters (lactones) is 1. The average molecular weight is 216 g/mol. The van der Waals surface area contributed by atoms with Gasteiger partial charge in [-0.1, -0.05) is 12.1 Å². The summed E-state index contributed by atoms with van der Waals surface area (Å²) in [6, 6.07) is 9.95. The van der Waals surface area contributed by atoms with Crippen LogP contribution in [0.25, 0.3) is 10.4 Å². The largest absolute Gasteiger partial charge is 0.457 e. The summed E-state index contributed by atoms with van der Waals surface area (Å²) < 4.78 is 4.96. The molecule has 0 fully saturated rings. The van der Waals surface area contributed by atoms with E-state index < -0.39 is 0 Å². The van der Waals surface area contributed by atoms with Gasteiger partial charge >= 0.3 is 5.97 Å². The monoisotopic (exact) mass is 216 g/mol. The van der Waals surface area contributed by atoms with Gasteiger partial charge in [0.1, 0.15) is 6.61 Å². The van der Waals surface area contributed by atoms with Gasteiger partial charge in [-0.3, -0.25) is 0 Å². The zero-order valence-electron chi connectivity index (χ0n) is 7.90. The Kier molecular flexibility index (Phi) is 1.86. The smallest absolute Gasteiger partial charge is 0.338 e. The summed E-state index contributed by atoms with van der Waals surface area (Å²) in [5.41, 5.74) is 2.85. The van der Waals surface area contributed by atoms with Crippen molar-refractivity contribution in [2.75, 3.05) is 0 Å². The second-order valence-corrected chi connectivity index (χ2v) is 4.37. The zero-order chi connectivity index (χ0) is 10.3. The van der Waals surface area contributed by atoms with Gasteiger partial charge in [0, 0.05) is 10.4 Å². The summed E-state index contributed by atoms with van der Waals surface area (Å²) in [5, 5.41) is 2.05. The fraction of sp³-hybridized carbons (Fsp3) is 0.0833. The van der Waals surface area contributed by atoms with Crippen LogP contribution >= 0.6 is 11.3 Å². The third-order valence-electron chi connectivity index (χ3n) is 2.49. The molecule has 0 unspecified atom stereocenters. The second-order valence-electron chi connectivity index (χ2n) is 3.43. The van der Waals surface area contributed by atoms with E-state index in [4.69, 9.17) is 4.74 Å². The van der Waals surface area contributed by atoms with E-state index in [-0.39, 0.29) is 5.97 Å². The van der Waals surface area contributed by atoms with Gasteiger partial charge < -0.3 is 4.74 Å². The molecule has 1 aromatic heterocycles. The SMILES string of the molecule is O=C1OCc2cc(-c3cccs3)ccc21. The Morgan fingerprint density at radius 2 is 2.20 bits per heavy atom. The van der Waals surface area contributed by atoms with E-state index in [1.807, 2.05) is 29.6 Å². The molecule has 0 aliphatic carbocycles. The third kappa shape index (κ3) is 1.36. The number of carbonyl (C=O) groups excluding carboxylic acids is 1. The summed E-state index contributed by atoms with van der Waals surface area (Å²) >= 11 is 1.70. The van der Waals surface area contributed by atoms with Gasteiger partial charge in [0.05, 0.1) is 5.56 Å². The van der Waals surface area contributed by atoms with Crippen LogP contribution in [0.2, 0.25) is 0 Å². The molecule has 2 aromatic rings. The maximum Gasteiger partial charge on any atom is 0.338 e. The van der Waals surface area contributed by atoms with Gasteiger partial charge in [0.25, 0.3) is 0 Å². The van der Waals surface area contributed by atoms with Crippen LogP contribution in [-0.4, -0.2) is 5.97 Å². The number of ether oxygens (including phenoxy) is 1. The predicted molar refractivity (Wildman–Crippen MR) is 58.9 cm³/mol. The quantitative estimate of drug-likeness (QED) is 0.685. The highest BCUT2D eigenvalue weighted by Gasteiger charge is 2.20. The number of hydrogen-bond donors (Lipinski definition) is 0. The van der Waals surface area contributed by atoms with Crippen LogP contribution in [0, 0.1) is 0 Å². The Bertz CT molecular complexity index is 514. The van der Waals surface area contributed by atoms with Crippen molar-refractivity contribution in [1.29, 1.82) is 0 Å². The van der Waals surface area contributed by atoms with Gasteiger partial charge in [-0.05, 0) is 29.1 Å². The van der Waals surface area contributed by atoms with Crippen LogP contribution in [0.1, 0.15) is 15.9 Å². The van der Waals surface area contributed by atoms with E-state index in [9.17, 15) is 4.79 Å². The molecule has 2 heterocycles. The summed E-state index contributed by atoms with van der Waals surface area (Å²) in [4.78, 5) is 12.5. The first-order valence-electron chi connectivity index (χ1n) is 4.68. The van der Waals surface area contributed by atoms with E-state index in [1.54, 1.807) is 11.3 Å². The molecule has 0 N–H and O–H groups in total. The molecule has 0 bridgehead atoms. The first-order valence-corrected chi connectivity index (χ1v) is 5.56. The van der Waals surface area contributed by atoms with E-state index in [2.05, 4.69) is 6.07 Å². The average Bonchev–Trinajstić information content (AvgIpc) is 2.88. The Morgan fingerprint density at radius 1 is 1.27 bits per heavy atom. The zero-order valence-corrected chi connectivity index (χ0v) is 8.71. The fourth-order valence-corrected chi connectivity index (χ4v) is 2.45. The van der Waals surface area contributed by atoms with E-state index in [0.717, 1.165) is 11.1 Å². The van der Waals surface area contributed by atoms with Crippen molar-refractivity contribution in [3.63, 3.8) is 0 Å². The summed E-state index contributed by atoms with van der Waals surface area (Å²) in [6.45, 7) is 0.410. The lowest BCUT2D eigenvalue weighted by molar-refractivity contribution is 0.0535. The minimum atomic E-state index is -0.206. The third-order valence-corrected chi connectivity index (χ3v) is 3.41. The summed E-state index contributed by atoms with van der Waals surface area (Å²) in [7, 11) is 0. The van der Waals surface area contributed by atoms with Crippen molar-refractivity contribution in [2.24, 2.45) is 0 Å². The molecule has 74 valence electrons. The molecule has 0 spiro atoms. The molecule has 0 saturated carbocycles. The van der Waals surface area contributed by atoms with E-state index >= 15 is 0 Å². The van der Waals surface area contributed by atoms with Crippen molar-refractivity contribution >= 4 is 17.3 Å². The molecular formula is C12H8O2S. The molecule has 15 heavy (non-hydrogen) atoms. The molecule has 1 aromatic carbocycles. The van der Waals surface area contributed by atoms with Crippen LogP contribution < -0.4 is 0 Å². The highest BCUT2D eigenvalue weighted by atomic mass is 32.1. The lowest BCUT2D eigenvalue weighted by Gasteiger charge is -1.99. The van der Waals surface area contributed by atoms with Crippen LogP contribution in [0.15, 0.2) is 35.7 Å². The maximum absolute atomic E-state index is 11.2. The van der Waals surface area contributed by atoms with Crippen LogP contribution in [-0.2, 0) is 11.3 Å². The number of hydrogen-bond acceptors (Lipinski definition) is 3. The maximum atomic E-state index is 11.2. The molecule has 0 radical (unpaired) electrons. The van der Waals surface area contributed by atoms with Crippen molar-refractivity contribution < 1.29 is 9.53 Å². The van der Waals surface area contributed by atoms with Gasteiger partial charge in [-0.25, -0.2) is 4.79 Å². The second kappa shape index (κ2) is 3.21. The van der Waals surface area contributed by atoms with Crippen LogP contribution in [0.5, 0.6) is 0 Å². The predicted octanol–water partition coefficient (Wildman–Crippen LogP) is 3.09. The topological polar surface area (TPSA) is 26.3 Å². The van der Waals surface area contributed by atoms with Crippen molar-refractivity contribution in [1.82, 2.24) is 0 Å². The molecular weight excluding hydrogens is 208 g/mol. The van der Waals surface area contributed by atoms with Gasteiger partial charge in [0.15, 0.2) is 0 Å². The Balaban J connectivity index is 2.11.